The van der Waals surface area contributed by atoms with E-state index in [9.17, 15) is 0 Å². The monoisotopic (exact) mass is 1030 g/mol. The topological polar surface area (TPSA) is 27.7 Å². The highest BCUT2D eigenvalue weighted by molar-refractivity contribution is 7.81. The molecule has 0 aromatic heterocycles. The third-order valence-corrected chi connectivity index (χ3v) is 21.8. The van der Waals surface area contributed by atoms with Crippen LogP contribution < -0.4 is 30.1 Å². The molecule has 0 unspecified atom stereocenters. The van der Waals surface area contributed by atoms with Crippen LogP contribution in [0, 0.1) is 0 Å². The highest BCUT2D eigenvalue weighted by Crippen LogP contribution is 2.63. The lowest BCUT2D eigenvalue weighted by Gasteiger charge is -2.32. The Labute approximate surface area is 460 Å². The summed E-state index contributed by atoms with van der Waals surface area (Å²) in [6.07, 6.45) is 0. The van der Waals surface area contributed by atoms with Crippen LogP contribution in [0.5, 0.6) is 34.5 Å². The Morgan fingerprint density at radius 1 is 0.253 bits per heavy atom. The van der Waals surface area contributed by atoms with E-state index in [1.54, 1.807) is 0 Å². The van der Waals surface area contributed by atoms with Crippen molar-refractivity contribution in [3.05, 3.63) is 234 Å². The maximum absolute atomic E-state index is 7.33. The van der Waals surface area contributed by atoms with Crippen LogP contribution >= 0.6 is 7.92 Å². The van der Waals surface area contributed by atoms with Crippen LogP contribution in [-0.2, 0) is 16.2 Å². The zero-order chi connectivity index (χ0) is 52.6. The quantitative estimate of drug-likeness (QED) is 0.165. The molecular weight excluding hydrogens is 980 g/mol. The van der Waals surface area contributed by atoms with Crippen molar-refractivity contribution in [1.82, 2.24) is 0 Å². The summed E-state index contributed by atoms with van der Waals surface area (Å²) in [6, 6.07) is 75.2. The van der Waals surface area contributed by atoms with Crippen molar-refractivity contribution in [3.63, 3.8) is 0 Å². The van der Waals surface area contributed by atoms with Crippen LogP contribution in [0.1, 0.15) is 74.9 Å². The second-order valence-electron chi connectivity index (χ2n) is 24.2. The molecule has 12 aromatic rings. The Hall–Kier alpha value is -8.75. The average molecular weight is 1030 g/mol. The van der Waals surface area contributed by atoms with E-state index in [0.29, 0.717) is 0 Å². The summed E-state index contributed by atoms with van der Waals surface area (Å²) in [4.78, 5) is 0. The number of fused-ring (bicyclic) bond motifs is 18. The summed E-state index contributed by atoms with van der Waals surface area (Å²) in [5.74, 6) is 5.61. The van der Waals surface area contributed by atoms with Gasteiger partial charge in [-0.25, -0.2) is 0 Å². The van der Waals surface area contributed by atoms with Gasteiger partial charge in [-0.15, -0.1) is 0 Å². The first kappa shape index (κ1) is 44.3. The van der Waals surface area contributed by atoms with E-state index in [4.69, 9.17) is 14.2 Å². The largest absolute Gasteiger partial charge is 0.456 e. The average Bonchev–Trinajstić information content (AvgIpc) is 4.11. The van der Waals surface area contributed by atoms with Crippen LogP contribution in [0.3, 0.4) is 0 Å². The molecule has 374 valence electrons. The smallest absolute Gasteiger partial charge is 0.140 e. The van der Waals surface area contributed by atoms with Crippen LogP contribution in [0.25, 0.3) is 99.1 Å². The molecule has 0 spiro atoms. The molecule has 0 radical (unpaired) electrons. The van der Waals surface area contributed by atoms with Crippen molar-refractivity contribution in [3.8, 4) is 101 Å². The second-order valence-corrected chi connectivity index (χ2v) is 26.3. The summed E-state index contributed by atoms with van der Waals surface area (Å²) in [5.41, 5.74) is 21.8. The predicted molar refractivity (Wildman–Crippen MR) is 327 cm³/mol. The maximum Gasteiger partial charge on any atom is 0.140 e. The highest BCUT2D eigenvalue weighted by Gasteiger charge is 2.44. The molecule has 12 aromatic carbocycles. The first-order chi connectivity index (χ1) is 38.5. The SMILES string of the molecule is CC1(C)c2ccccc2-c2ccc3c(c21)Oc1cccc2c(P(c4ccc5c6c(cccc46)Oc4c-5ccc5c4C(C)(C)c4ccccc4-5)c4ccc5c6c(cccc46)Oc4c-5ccc5c4C(C)(C)c4ccccc4-5)ccc-3c12. The van der Waals surface area contributed by atoms with Crippen molar-refractivity contribution in [1.29, 1.82) is 0 Å². The summed E-state index contributed by atoms with van der Waals surface area (Å²) in [7, 11) is -1.29. The summed E-state index contributed by atoms with van der Waals surface area (Å²) in [5, 5.41) is 10.9. The van der Waals surface area contributed by atoms with E-state index in [1.807, 2.05) is 0 Å². The number of hydrogen-bond acceptors (Lipinski definition) is 3. The van der Waals surface area contributed by atoms with Crippen LogP contribution in [0.15, 0.2) is 200 Å². The molecule has 0 saturated carbocycles. The van der Waals surface area contributed by atoms with Gasteiger partial charge in [0, 0.05) is 65.8 Å². The van der Waals surface area contributed by atoms with Gasteiger partial charge >= 0.3 is 0 Å². The molecular formula is C75H51O3P. The zero-order valence-electron chi connectivity index (χ0n) is 44.7. The molecule has 18 rings (SSSR count). The fraction of sp³-hybridized carbons (Fsp3) is 0.120. The van der Waals surface area contributed by atoms with Crippen molar-refractivity contribution in [2.45, 2.75) is 57.8 Å². The van der Waals surface area contributed by atoms with Crippen LogP contribution in [0.2, 0.25) is 0 Å². The van der Waals surface area contributed by atoms with Gasteiger partial charge in [0.1, 0.15) is 34.5 Å². The number of rotatable bonds is 3. The molecule has 6 aliphatic rings. The van der Waals surface area contributed by atoms with Crippen molar-refractivity contribution < 1.29 is 14.2 Å². The van der Waals surface area contributed by atoms with Gasteiger partial charge in [-0.1, -0.05) is 205 Å². The van der Waals surface area contributed by atoms with E-state index in [2.05, 4.69) is 242 Å². The minimum atomic E-state index is -1.29. The number of ether oxygens (including phenoxy) is 3. The third kappa shape index (κ3) is 5.43. The van der Waals surface area contributed by atoms with E-state index in [1.165, 1.54) is 116 Å². The van der Waals surface area contributed by atoms with Gasteiger partial charge in [0.05, 0.1) is 0 Å². The third-order valence-electron chi connectivity index (χ3n) is 19.2. The normalized spacial score (nSPS) is 15.7. The Balaban J connectivity index is 0.876. The standard InChI is InChI=1S/C75H51O3P/c1-73(2)55-22-10-7-16-40(55)46-28-31-49-43-34-37-61(52-19-13-25-58(64(43)52)76-70(49)67(46)73)79(62-38-35-44-50-32-29-47-41-17-8-11-23-56(41)74(3,4)68(47)71(50)77-59-26-14-20-53(62)65(44)59)63-39-36-45-51-33-30-48-42-18-9-12-24-57(42)75(5,6)69(48)72(51)78-60-27-15-21-54(63)66(45)60/h7-39H,1-6H3. The zero-order valence-corrected chi connectivity index (χ0v) is 45.6. The molecule has 3 nitrogen and oxygen atoms in total. The molecule has 0 N–H and O–H groups in total. The van der Waals surface area contributed by atoms with E-state index >= 15 is 0 Å². The minimum Gasteiger partial charge on any atom is -0.456 e. The number of benzene rings is 12. The predicted octanol–water partition coefficient (Wildman–Crippen LogP) is 19.1. The van der Waals surface area contributed by atoms with Crippen LogP contribution in [0.4, 0.5) is 0 Å². The van der Waals surface area contributed by atoms with Gasteiger partial charge in [0.15, 0.2) is 0 Å². The Bertz CT molecular complexity index is 4370. The van der Waals surface area contributed by atoms with E-state index in [-0.39, 0.29) is 16.2 Å². The second kappa shape index (κ2) is 14.9. The van der Waals surface area contributed by atoms with Gasteiger partial charge in [-0.3, -0.25) is 0 Å². The molecule has 0 amide bonds. The fourth-order valence-corrected chi connectivity index (χ4v) is 18.5. The molecule has 3 aliphatic heterocycles. The lowest BCUT2D eigenvalue weighted by Crippen LogP contribution is -2.24. The fourth-order valence-electron chi connectivity index (χ4n) is 15.7. The molecule has 0 fully saturated rings. The molecule has 0 atom stereocenters. The lowest BCUT2D eigenvalue weighted by molar-refractivity contribution is 0.468. The van der Waals surface area contributed by atoms with Gasteiger partial charge in [0.2, 0.25) is 0 Å². The molecule has 3 aliphatic carbocycles. The van der Waals surface area contributed by atoms with Crippen LogP contribution in [-0.4, -0.2) is 0 Å². The van der Waals surface area contributed by atoms with Crippen molar-refractivity contribution in [2.24, 2.45) is 0 Å². The van der Waals surface area contributed by atoms with Gasteiger partial charge in [0.25, 0.3) is 0 Å². The highest BCUT2D eigenvalue weighted by atomic mass is 31.1. The van der Waals surface area contributed by atoms with Crippen molar-refractivity contribution >= 4 is 56.2 Å². The van der Waals surface area contributed by atoms with Gasteiger partial charge < -0.3 is 14.2 Å². The van der Waals surface area contributed by atoms with Gasteiger partial charge in [-0.2, -0.15) is 0 Å². The molecule has 3 heterocycles. The molecule has 0 bridgehead atoms. The first-order valence-corrected chi connectivity index (χ1v) is 29.2. The van der Waals surface area contributed by atoms with E-state index in [0.717, 1.165) is 67.3 Å². The summed E-state index contributed by atoms with van der Waals surface area (Å²) >= 11 is 0. The first-order valence-electron chi connectivity index (χ1n) is 27.8. The van der Waals surface area contributed by atoms with E-state index < -0.39 is 7.92 Å². The molecule has 4 heteroatoms. The minimum absolute atomic E-state index is 0.225. The van der Waals surface area contributed by atoms with Gasteiger partial charge in [-0.05, 0) is 143 Å². The molecule has 0 saturated heterocycles. The summed E-state index contributed by atoms with van der Waals surface area (Å²) < 4.78 is 22.0. The van der Waals surface area contributed by atoms with Crippen molar-refractivity contribution in [2.75, 3.05) is 0 Å². The Kier molecular flexibility index (Phi) is 8.33. The summed E-state index contributed by atoms with van der Waals surface area (Å²) in [6.45, 7) is 14.1. The number of hydrogen-bond donors (Lipinski definition) is 0. The lowest BCUT2D eigenvalue weighted by atomic mass is 9.80. The Morgan fingerprint density at radius 2 is 0.532 bits per heavy atom. The maximum atomic E-state index is 7.33. The molecule has 79 heavy (non-hydrogen) atoms. The Morgan fingerprint density at radius 3 is 0.848 bits per heavy atom.